The maximum absolute atomic E-state index is 11.4. The molecule has 1 amide bonds. The van der Waals surface area contributed by atoms with Crippen molar-refractivity contribution in [3.8, 4) is 6.07 Å². The Morgan fingerprint density at radius 1 is 1.80 bits per heavy atom. The van der Waals surface area contributed by atoms with Crippen LogP contribution in [0.3, 0.4) is 0 Å². The summed E-state index contributed by atoms with van der Waals surface area (Å²) in [6.07, 6.45) is 0.514. The monoisotopic (exact) mass is 207 g/mol. The molecular weight excluding hydrogens is 194 g/mol. The molecule has 1 aromatic heterocycles. The molecule has 1 atom stereocenters. The highest BCUT2D eigenvalue weighted by Gasteiger charge is 2.15. The molecule has 1 heterocycles. The van der Waals surface area contributed by atoms with Crippen LogP contribution in [0, 0.1) is 24.2 Å². The van der Waals surface area contributed by atoms with Crippen LogP contribution in [-0.2, 0) is 11.3 Å². The second-order valence-electron chi connectivity index (χ2n) is 3.24. The van der Waals surface area contributed by atoms with E-state index in [1.54, 1.807) is 19.9 Å². The van der Waals surface area contributed by atoms with Gasteiger partial charge in [0.2, 0.25) is 5.91 Å². The first-order valence-corrected chi connectivity index (χ1v) is 4.77. The first-order valence-electron chi connectivity index (χ1n) is 4.77. The molecule has 80 valence electrons. The number of rotatable bonds is 4. The van der Waals surface area contributed by atoms with Gasteiger partial charge in [-0.2, -0.15) is 5.26 Å². The first-order chi connectivity index (χ1) is 7.17. The molecular formula is C10H13N3O2. The average molecular weight is 207 g/mol. The normalized spacial score (nSPS) is 11.8. The van der Waals surface area contributed by atoms with E-state index >= 15 is 0 Å². The second kappa shape index (κ2) is 5.15. The summed E-state index contributed by atoms with van der Waals surface area (Å²) in [5, 5.41) is 15.0. The number of hydrogen-bond acceptors (Lipinski definition) is 4. The number of nitrogens with one attached hydrogen (secondary N) is 1. The van der Waals surface area contributed by atoms with E-state index in [9.17, 15) is 4.79 Å². The molecule has 5 heteroatoms. The molecule has 0 spiro atoms. The van der Waals surface area contributed by atoms with Gasteiger partial charge >= 0.3 is 0 Å². The number of carbonyl (C=O) groups excluding carboxylic acids is 1. The van der Waals surface area contributed by atoms with Crippen LogP contribution in [0.1, 0.15) is 24.8 Å². The van der Waals surface area contributed by atoms with Crippen molar-refractivity contribution in [1.82, 2.24) is 10.5 Å². The number of aryl methyl sites for hydroxylation is 1. The fraction of sp³-hybridized carbons (Fsp3) is 0.500. The number of aromatic nitrogens is 1. The van der Waals surface area contributed by atoms with Crippen LogP contribution in [0.15, 0.2) is 10.6 Å². The maximum Gasteiger partial charge on any atom is 0.237 e. The third-order valence-corrected chi connectivity index (χ3v) is 2.00. The summed E-state index contributed by atoms with van der Waals surface area (Å²) in [6.45, 7) is 3.88. The molecule has 0 saturated carbocycles. The summed E-state index contributed by atoms with van der Waals surface area (Å²) in [6, 6.07) is 3.68. The van der Waals surface area contributed by atoms with E-state index in [2.05, 4.69) is 10.5 Å². The quantitative estimate of drug-likeness (QED) is 0.803. The summed E-state index contributed by atoms with van der Waals surface area (Å²) in [5.41, 5.74) is 0.661. The molecule has 0 aromatic carbocycles. The summed E-state index contributed by atoms with van der Waals surface area (Å²) >= 11 is 0. The first kappa shape index (κ1) is 11.2. The SMILES string of the molecule is CCC(C#N)C(=O)NCc1cc(C)on1. The zero-order valence-corrected chi connectivity index (χ0v) is 8.78. The van der Waals surface area contributed by atoms with Gasteiger partial charge in [0.25, 0.3) is 0 Å². The smallest absolute Gasteiger partial charge is 0.237 e. The molecule has 0 saturated heterocycles. The van der Waals surface area contributed by atoms with Crippen molar-refractivity contribution in [1.29, 1.82) is 5.26 Å². The average Bonchev–Trinajstić information content (AvgIpc) is 2.63. The summed E-state index contributed by atoms with van der Waals surface area (Å²) in [4.78, 5) is 11.4. The second-order valence-corrected chi connectivity index (χ2v) is 3.24. The molecule has 0 aliphatic rings. The molecule has 5 nitrogen and oxygen atoms in total. The molecule has 0 aliphatic heterocycles. The van der Waals surface area contributed by atoms with E-state index in [-0.39, 0.29) is 5.91 Å². The number of hydrogen-bond donors (Lipinski definition) is 1. The minimum atomic E-state index is -0.585. The lowest BCUT2D eigenvalue weighted by Crippen LogP contribution is -2.29. The predicted molar refractivity (Wildman–Crippen MR) is 52.5 cm³/mol. The lowest BCUT2D eigenvalue weighted by Gasteiger charge is -2.05. The zero-order chi connectivity index (χ0) is 11.3. The number of nitrogens with zero attached hydrogens (tertiary/aromatic N) is 2. The Bertz CT molecular complexity index is 378. The molecule has 15 heavy (non-hydrogen) atoms. The lowest BCUT2D eigenvalue weighted by atomic mass is 10.1. The molecule has 1 aromatic rings. The Labute approximate surface area is 88.1 Å². The zero-order valence-electron chi connectivity index (χ0n) is 8.78. The van der Waals surface area contributed by atoms with Gasteiger partial charge in [0.05, 0.1) is 12.6 Å². The van der Waals surface area contributed by atoms with E-state index < -0.39 is 5.92 Å². The standard InChI is InChI=1S/C10H13N3O2/c1-3-8(5-11)10(14)12-6-9-4-7(2)15-13-9/h4,8H,3,6H2,1-2H3,(H,12,14). The highest BCUT2D eigenvalue weighted by molar-refractivity contribution is 5.80. The Hall–Kier alpha value is -1.83. The van der Waals surface area contributed by atoms with Gasteiger partial charge in [-0.05, 0) is 13.3 Å². The maximum atomic E-state index is 11.4. The number of carbonyl (C=O) groups is 1. The van der Waals surface area contributed by atoms with Crippen LogP contribution >= 0.6 is 0 Å². The van der Waals surface area contributed by atoms with E-state index in [0.29, 0.717) is 24.4 Å². The molecule has 0 bridgehead atoms. The third-order valence-electron chi connectivity index (χ3n) is 2.00. The van der Waals surface area contributed by atoms with Crippen molar-refractivity contribution >= 4 is 5.91 Å². The van der Waals surface area contributed by atoms with E-state index in [1.165, 1.54) is 0 Å². The van der Waals surface area contributed by atoms with Gasteiger partial charge in [-0.15, -0.1) is 0 Å². The fourth-order valence-electron chi connectivity index (χ4n) is 1.14. The highest BCUT2D eigenvalue weighted by atomic mass is 16.5. The van der Waals surface area contributed by atoms with Gasteiger partial charge in [0.15, 0.2) is 0 Å². The van der Waals surface area contributed by atoms with Crippen molar-refractivity contribution in [2.24, 2.45) is 5.92 Å². The van der Waals surface area contributed by atoms with Gasteiger partial charge in [-0.1, -0.05) is 12.1 Å². The fourth-order valence-corrected chi connectivity index (χ4v) is 1.14. The number of amides is 1. The van der Waals surface area contributed by atoms with Crippen molar-refractivity contribution in [2.75, 3.05) is 0 Å². The molecule has 1 rings (SSSR count). The largest absolute Gasteiger partial charge is 0.361 e. The molecule has 1 unspecified atom stereocenters. The van der Waals surface area contributed by atoms with Gasteiger partial charge in [-0.3, -0.25) is 4.79 Å². The van der Waals surface area contributed by atoms with Gasteiger partial charge in [0, 0.05) is 6.07 Å². The van der Waals surface area contributed by atoms with Crippen LogP contribution in [0.2, 0.25) is 0 Å². The van der Waals surface area contributed by atoms with Crippen molar-refractivity contribution < 1.29 is 9.32 Å². The predicted octanol–water partition coefficient (Wildman–Crippen LogP) is 1.15. The van der Waals surface area contributed by atoms with Gasteiger partial charge in [-0.25, -0.2) is 0 Å². The summed E-state index contributed by atoms with van der Waals surface area (Å²) < 4.78 is 4.84. The minimum Gasteiger partial charge on any atom is -0.361 e. The lowest BCUT2D eigenvalue weighted by molar-refractivity contribution is -0.123. The van der Waals surface area contributed by atoms with Crippen LogP contribution in [0.25, 0.3) is 0 Å². The van der Waals surface area contributed by atoms with Crippen molar-refractivity contribution in [3.05, 3.63) is 17.5 Å². The van der Waals surface area contributed by atoms with Crippen LogP contribution < -0.4 is 5.32 Å². The van der Waals surface area contributed by atoms with Gasteiger partial charge in [0.1, 0.15) is 17.4 Å². The van der Waals surface area contributed by atoms with E-state index in [4.69, 9.17) is 9.78 Å². The minimum absolute atomic E-state index is 0.263. The molecule has 1 N–H and O–H groups in total. The van der Waals surface area contributed by atoms with Crippen LogP contribution in [-0.4, -0.2) is 11.1 Å². The van der Waals surface area contributed by atoms with Crippen molar-refractivity contribution in [3.63, 3.8) is 0 Å². The highest BCUT2D eigenvalue weighted by Crippen LogP contribution is 2.03. The summed E-state index contributed by atoms with van der Waals surface area (Å²) in [7, 11) is 0. The molecule has 0 aliphatic carbocycles. The number of nitriles is 1. The Kier molecular flexibility index (Phi) is 3.86. The van der Waals surface area contributed by atoms with Crippen LogP contribution in [0.4, 0.5) is 0 Å². The Morgan fingerprint density at radius 2 is 2.53 bits per heavy atom. The van der Waals surface area contributed by atoms with E-state index in [1.807, 2.05) is 6.07 Å². The Balaban J connectivity index is 2.44. The Morgan fingerprint density at radius 3 is 3.00 bits per heavy atom. The third kappa shape index (κ3) is 3.09. The van der Waals surface area contributed by atoms with E-state index in [0.717, 1.165) is 0 Å². The molecule has 0 radical (unpaired) electrons. The van der Waals surface area contributed by atoms with Crippen molar-refractivity contribution in [2.45, 2.75) is 26.8 Å². The topological polar surface area (TPSA) is 78.9 Å². The van der Waals surface area contributed by atoms with Crippen LogP contribution in [0.5, 0.6) is 0 Å². The van der Waals surface area contributed by atoms with Gasteiger partial charge < -0.3 is 9.84 Å². The summed E-state index contributed by atoms with van der Waals surface area (Å²) in [5.74, 6) is -0.148. The molecule has 0 fully saturated rings.